The minimum atomic E-state index is 0.196. The maximum absolute atomic E-state index is 5.89. The third kappa shape index (κ3) is 3.19. The van der Waals surface area contributed by atoms with Crippen molar-refractivity contribution in [1.29, 1.82) is 0 Å². The molecule has 2 heterocycles. The van der Waals surface area contributed by atoms with E-state index in [1.54, 1.807) is 7.11 Å². The van der Waals surface area contributed by atoms with Crippen LogP contribution < -0.4 is 25.3 Å². The van der Waals surface area contributed by atoms with Crippen molar-refractivity contribution < 1.29 is 14.2 Å². The Morgan fingerprint density at radius 1 is 1.08 bits per heavy atom. The lowest BCUT2D eigenvalue weighted by Crippen LogP contribution is -2.05. The number of methoxy groups -OCH3 is 1. The van der Waals surface area contributed by atoms with Crippen molar-refractivity contribution in [3.63, 3.8) is 0 Å². The van der Waals surface area contributed by atoms with Crippen LogP contribution in [0.25, 0.3) is 11.3 Å². The van der Waals surface area contributed by atoms with Crippen LogP contribution in [0.3, 0.4) is 0 Å². The summed E-state index contributed by atoms with van der Waals surface area (Å²) in [5.41, 5.74) is 8.49. The molecule has 26 heavy (non-hydrogen) atoms. The van der Waals surface area contributed by atoms with Crippen molar-refractivity contribution in [2.24, 2.45) is 0 Å². The number of para-hydroxylation sites is 1. The van der Waals surface area contributed by atoms with Crippen LogP contribution in [-0.4, -0.2) is 23.9 Å². The summed E-state index contributed by atoms with van der Waals surface area (Å²) in [5.74, 6) is 3.07. The predicted molar refractivity (Wildman–Crippen MR) is 98.3 cm³/mol. The van der Waals surface area contributed by atoms with E-state index in [1.807, 2.05) is 48.5 Å². The summed E-state index contributed by atoms with van der Waals surface area (Å²) < 4.78 is 16.1. The minimum absolute atomic E-state index is 0.196. The van der Waals surface area contributed by atoms with Gasteiger partial charge >= 0.3 is 0 Å². The fourth-order valence-electron chi connectivity index (χ4n) is 2.79. The molecule has 0 unspecified atom stereocenters. The molecule has 0 aliphatic carbocycles. The van der Waals surface area contributed by atoms with E-state index in [4.69, 9.17) is 19.9 Å². The largest absolute Gasteiger partial charge is 0.496 e. The van der Waals surface area contributed by atoms with Crippen LogP contribution in [0.1, 0.15) is 5.56 Å². The molecule has 3 aromatic rings. The van der Waals surface area contributed by atoms with Gasteiger partial charge in [0, 0.05) is 18.2 Å². The minimum Gasteiger partial charge on any atom is -0.496 e. The van der Waals surface area contributed by atoms with Crippen molar-refractivity contribution in [3.8, 4) is 28.5 Å². The van der Waals surface area contributed by atoms with Gasteiger partial charge in [-0.25, -0.2) is 4.98 Å². The molecule has 0 fully saturated rings. The molecule has 0 saturated heterocycles. The van der Waals surface area contributed by atoms with Gasteiger partial charge in [-0.05, 0) is 29.8 Å². The number of rotatable bonds is 5. The zero-order valence-electron chi connectivity index (χ0n) is 14.2. The number of aromatic nitrogens is 2. The molecule has 1 aliphatic heterocycles. The van der Waals surface area contributed by atoms with Crippen LogP contribution in [0.4, 0.5) is 11.8 Å². The Hall–Kier alpha value is -3.48. The summed E-state index contributed by atoms with van der Waals surface area (Å²) >= 11 is 0. The number of benzene rings is 2. The van der Waals surface area contributed by atoms with Crippen LogP contribution in [0.15, 0.2) is 48.5 Å². The number of nitrogens with zero attached hydrogens (tertiary/aromatic N) is 2. The predicted octanol–water partition coefficient (Wildman–Crippen LogP) is 3.08. The van der Waals surface area contributed by atoms with E-state index < -0.39 is 0 Å². The second-order valence-corrected chi connectivity index (χ2v) is 5.74. The summed E-state index contributed by atoms with van der Waals surface area (Å²) in [5, 5.41) is 3.27. The van der Waals surface area contributed by atoms with Gasteiger partial charge in [0.25, 0.3) is 0 Å². The summed E-state index contributed by atoms with van der Waals surface area (Å²) in [6, 6.07) is 15.3. The fraction of sp³-hybridized carbons (Fsp3) is 0.158. The Morgan fingerprint density at radius 2 is 1.92 bits per heavy atom. The Balaban J connectivity index is 1.57. The topological polar surface area (TPSA) is 91.5 Å². The average Bonchev–Trinajstić information content (AvgIpc) is 3.13. The Labute approximate surface area is 150 Å². The second kappa shape index (κ2) is 6.79. The lowest BCUT2D eigenvalue weighted by atomic mass is 10.1. The molecule has 0 spiro atoms. The highest BCUT2D eigenvalue weighted by Gasteiger charge is 2.13. The lowest BCUT2D eigenvalue weighted by molar-refractivity contribution is 0.174. The van der Waals surface area contributed by atoms with Crippen LogP contribution in [0.5, 0.6) is 17.2 Å². The molecule has 4 rings (SSSR count). The van der Waals surface area contributed by atoms with Crippen LogP contribution in [0.2, 0.25) is 0 Å². The Bertz CT molecular complexity index is 946. The number of hydrogen-bond donors (Lipinski definition) is 2. The van der Waals surface area contributed by atoms with E-state index in [0.717, 1.165) is 28.4 Å². The third-order valence-corrected chi connectivity index (χ3v) is 4.04. The van der Waals surface area contributed by atoms with Crippen molar-refractivity contribution in [2.45, 2.75) is 6.54 Å². The Morgan fingerprint density at radius 3 is 2.81 bits per heavy atom. The van der Waals surface area contributed by atoms with Gasteiger partial charge in [0.1, 0.15) is 11.6 Å². The normalized spacial score (nSPS) is 12.0. The van der Waals surface area contributed by atoms with Crippen LogP contribution in [-0.2, 0) is 6.54 Å². The third-order valence-electron chi connectivity index (χ3n) is 4.04. The standard InChI is InChI=1S/C19H18N4O3/c1-24-15-5-3-2-4-13(15)14-9-18(23-19(20)22-14)21-10-12-6-7-16-17(8-12)26-11-25-16/h2-9H,10-11H2,1H3,(H3,20,21,22,23). The lowest BCUT2D eigenvalue weighted by Gasteiger charge is -2.11. The number of ether oxygens (including phenoxy) is 3. The maximum atomic E-state index is 5.89. The van der Waals surface area contributed by atoms with Gasteiger partial charge < -0.3 is 25.3 Å². The molecule has 132 valence electrons. The molecule has 1 aliphatic rings. The summed E-state index contributed by atoms with van der Waals surface area (Å²) in [4.78, 5) is 8.59. The number of hydrogen-bond acceptors (Lipinski definition) is 7. The van der Waals surface area contributed by atoms with Gasteiger partial charge in [-0.15, -0.1) is 0 Å². The van der Waals surface area contributed by atoms with Crippen molar-refractivity contribution >= 4 is 11.8 Å². The van der Waals surface area contributed by atoms with E-state index >= 15 is 0 Å². The van der Waals surface area contributed by atoms with Crippen LogP contribution >= 0.6 is 0 Å². The van der Waals surface area contributed by atoms with E-state index in [-0.39, 0.29) is 12.7 Å². The second-order valence-electron chi connectivity index (χ2n) is 5.74. The smallest absolute Gasteiger partial charge is 0.231 e. The van der Waals surface area contributed by atoms with Gasteiger partial charge in [0.05, 0.1) is 12.8 Å². The number of anilines is 2. The van der Waals surface area contributed by atoms with E-state index in [1.165, 1.54) is 0 Å². The molecular formula is C19H18N4O3. The van der Waals surface area contributed by atoms with Gasteiger partial charge in [-0.2, -0.15) is 4.98 Å². The average molecular weight is 350 g/mol. The molecule has 0 bridgehead atoms. The highest BCUT2D eigenvalue weighted by atomic mass is 16.7. The van der Waals surface area contributed by atoms with Gasteiger partial charge in [0.15, 0.2) is 11.5 Å². The fourth-order valence-corrected chi connectivity index (χ4v) is 2.79. The Kier molecular flexibility index (Phi) is 4.18. The first-order valence-corrected chi connectivity index (χ1v) is 8.13. The number of nitrogen functional groups attached to an aromatic ring is 1. The first kappa shape index (κ1) is 16.0. The SMILES string of the molecule is COc1ccccc1-c1cc(NCc2ccc3c(c2)OCO3)nc(N)n1. The van der Waals surface area contributed by atoms with Gasteiger partial charge in [-0.3, -0.25) is 0 Å². The summed E-state index contributed by atoms with van der Waals surface area (Å²) in [6.07, 6.45) is 0. The van der Waals surface area contributed by atoms with Crippen molar-refractivity contribution in [2.75, 3.05) is 25.0 Å². The first-order chi connectivity index (χ1) is 12.7. The van der Waals surface area contributed by atoms with E-state index in [9.17, 15) is 0 Å². The molecule has 7 heteroatoms. The zero-order chi connectivity index (χ0) is 17.9. The molecule has 0 radical (unpaired) electrons. The number of nitrogens with two attached hydrogens (primary N) is 1. The molecule has 0 atom stereocenters. The van der Waals surface area contributed by atoms with Crippen molar-refractivity contribution in [3.05, 3.63) is 54.1 Å². The first-order valence-electron chi connectivity index (χ1n) is 8.13. The van der Waals surface area contributed by atoms with Gasteiger partial charge in [0.2, 0.25) is 12.7 Å². The summed E-state index contributed by atoms with van der Waals surface area (Å²) in [6.45, 7) is 0.829. The van der Waals surface area contributed by atoms with Crippen LogP contribution in [0, 0.1) is 0 Å². The summed E-state index contributed by atoms with van der Waals surface area (Å²) in [7, 11) is 1.63. The zero-order valence-corrected chi connectivity index (χ0v) is 14.2. The molecule has 3 N–H and O–H groups in total. The molecule has 2 aromatic carbocycles. The molecular weight excluding hydrogens is 332 g/mol. The molecule has 0 saturated carbocycles. The quantitative estimate of drug-likeness (QED) is 0.730. The van der Waals surface area contributed by atoms with E-state index in [0.29, 0.717) is 18.1 Å². The monoisotopic (exact) mass is 350 g/mol. The number of nitrogens with one attached hydrogen (secondary N) is 1. The number of fused-ring (bicyclic) bond motifs is 1. The van der Waals surface area contributed by atoms with E-state index in [2.05, 4.69) is 15.3 Å². The highest BCUT2D eigenvalue weighted by molar-refractivity contribution is 5.70. The van der Waals surface area contributed by atoms with Crippen molar-refractivity contribution in [1.82, 2.24) is 9.97 Å². The molecule has 1 aromatic heterocycles. The van der Waals surface area contributed by atoms with Gasteiger partial charge in [-0.1, -0.05) is 18.2 Å². The highest BCUT2D eigenvalue weighted by Crippen LogP contribution is 2.33. The maximum Gasteiger partial charge on any atom is 0.231 e. The molecule has 0 amide bonds. The molecule has 7 nitrogen and oxygen atoms in total.